The van der Waals surface area contributed by atoms with E-state index in [4.69, 9.17) is 4.98 Å². The molecule has 3 heterocycles. The van der Waals surface area contributed by atoms with Gasteiger partial charge in [0, 0.05) is 31.0 Å². The Morgan fingerprint density at radius 3 is 2.43 bits per heavy atom. The number of pyridine rings is 1. The third-order valence-corrected chi connectivity index (χ3v) is 9.65. The lowest BCUT2D eigenvalue weighted by atomic mass is 10.2. The summed E-state index contributed by atoms with van der Waals surface area (Å²) in [5.41, 5.74) is 3.35. The molecule has 1 fully saturated rings. The lowest BCUT2D eigenvalue weighted by Gasteiger charge is -2.21. The molecule has 0 bridgehead atoms. The van der Waals surface area contributed by atoms with Gasteiger partial charge in [-0.1, -0.05) is 43.2 Å². The van der Waals surface area contributed by atoms with Crippen LogP contribution in [0.5, 0.6) is 0 Å². The highest BCUT2D eigenvalue weighted by atomic mass is 32.2. The van der Waals surface area contributed by atoms with Crippen molar-refractivity contribution in [3.63, 3.8) is 0 Å². The molecule has 7 nitrogen and oxygen atoms in total. The Bertz CT molecular complexity index is 1480. The van der Waals surface area contributed by atoms with Crippen molar-refractivity contribution in [2.45, 2.75) is 50.5 Å². The molecule has 5 rings (SSSR count). The van der Waals surface area contributed by atoms with Crippen LogP contribution in [0, 0.1) is 0 Å². The molecule has 4 aromatic rings. The maximum absolute atomic E-state index is 13.8. The summed E-state index contributed by atoms with van der Waals surface area (Å²) >= 11 is 1.48. The predicted octanol–water partition coefficient (Wildman–Crippen LogP) is 5.67. The Labute approximate surface area is 221 Å². The molecule has 2 aromatic heterocycles. The number of nitrogens with zero attached hydrogens (tertiary/aromatic N) is 4. The Kier molecular flexibility index (Phi) is 7.64. The van der Waals surface area contributed by atoms with E-state index >= 15 is 0 Å². The summed E-state index contributed by atoms with van der Waals surface area (Å²) < 4.78 is 29.0. The first-order chi connectivity index (χ1) is 18.0. The van der Waals surface area contributed by atoms with Crippen LogP contribution in [0.1, 0.15) is 54.1 Å². The number of fused-ring (bicyclic) bond motifs is 1. The third-order valence-electron chi connectivity index (χ3n) is 6.69. The van der Waals surface area contributed by atoms with E-state index in [1.807, 2.05) is 18.2 Å². The summed E-state index contributed by atoms with van der Waals surface area (Å²) in [4.78, 5) is 24.6. The average Bonchev–Trinajstić information content (AvgIpc) is 3.14. The number of hydrogen-bond donors (Lipinski definition) is 0. The first kappa shape index (κ1) is 25.5. The Morgan fingerprint density at radius 1 is 1.00 bits per heavy atom. The molecule has 37 heavy (non-hydrogen) atoms. The third kappa shape index (κ3) is 5.58. The zero-order valence-electron chi connectivity index (χ0n) is 20.8. The number of benzene rings is 2. The van der Waals surface area contributed by atoms with Crippen LogP contribution in [0.15, 0.2) is 71.9 Å². The average molecular weight is 535 g/mol. The number of sulfonamides is 1. The molecule has 2 aromatic carbocycles. The van der Waals surface area contributed by atoms with Crippen LogP contribution in [-0.2, 0) is 23.0 Å². The van der Waals surface area contributed by atoms with E-state index in [0.717, 1.165) is 47.9 Å². The largest absolute Gasteiger partial charge is 0.279 e. The number of hydrogen-bond acceptors (Lipinski definition) is 6. The molecule has 1 aliphatic rings. The van der Waals surface area contributed by atoms with Crippen molar-refractivity contribution in [3.05, 3.63) is 83.7 Å². The Balaban J connectivity index is 1.46. The van der Waals surface area contributed by atoms with E-state index in [-0.39, 0.29) is 10.8 Å². The maximum atomic E-state index is 13.8. The second-order valence-electron chi connectivity index (χ2n) is 9.25. The summed E-state index contributed by atoms with van der Waals surface area (Å²) in [5, 5.41) is 0.596. The molecule has 9 heteroatoms. The van der Waals surface area contributed by atoms with Crippen molar-refractivity contribution in [1.82, 2.24) is 14.3 Å². The molecule has 0 aliphatic carbocycles. The van der Waals surface area contributed by atoms with E-state index in [1.54, 1.807) is 45.9 Å². The van der Waals surface area contributed by atoms with Crippen molar-refractivity contribution in [3.8, 4) is 0 Å². The number of carbonyl (C=O) groups excluding carboxylic acids is 1. The highest BCUT2D eigenvalue weighted by molar-refractivity contribution is 7.89. The monoisotopic (exact) mass is 534 g/mol. The number of carbonyl (C=O) groups is 1. The van der Waals surface area contributed by atoms with E-state index in [2.05, 4.69) is 24.0 Å². The van der Waals surface area contributed by atoms with Gasteiger partial charge in [0.05, 0.1) is 21.7 Å². The van der Waals surface area contributed by atoms with Crippen molar-refractivity contribution in [1.29, 1.82) is 0 Å². The summed E-state index contributed by atoms with van der Waals surface area (Å²) in [6.07, 6.45) is 8.22. The van der Waals surface area contributed by atoms with Gasteiger partial charge in [0.25, 0.3) is 5.91 Å². The zero-order valence-corrected chi connectivity index (χ0v) is 22.5. The second kappa shape index (κ2) is 11.1. The number of thiazole rings is 1. The fourth-order valence-corrected chi connectivity index (χ4v) is 7.09. The highest BCUT2D eigenvalue weighted by Gasteiger charge is 2.27. The first-order valence-electron chi connectivity index (χ1n) is 12.7. The fourth-order valence-electron chi connectivity index (χ4n) is 4.55. The number of rotatable bonds is 7. The molecular weight excluding hydrogens is 504 g/mol. The summed E-state index contributed by atoms with van der Waals surface area (Å²) in [5.74, 6) is -0.239. The van der Waals surface area contributed by atoms with Gasteiger partial charge in [0.2, 0.25) is 10.0 Å². The van der Waals surface area contributed by atoms with Crippen molar-refractivity contribution in [2.75, 3.05) is 18.0 Å². The molecule has 0 atom stereocenters. The zero-order chi connectivity index (χ0) is 25.8. The standard InChI is InChI=1S/C28H30N4O3S2/c1-2-21-9-14-25-26(18-21)36-28(30-25)32(20-22-8-7-15-29-19-22)27(33)23-10-12-24(13-11-23)37(34,35)31-16-5-3-4-6-17-31/h7-15,18-19H,2-6,16-17,20H2,1H3. The van der Waals surface area contributed by atoms with Crippen LogP contribution in [0.4, 0.5) is 5.13 Å². The van der Waals surface area contributed by atoms with E-state index in [1.165, 1.54) is 16.9 Å². The van der Waals surface area contributed by atoms with Crippen LogP contribution >= 0.6 is 11.3 Å². The molecule has 1 saturated heterocycles. The normalized spacial score (nSPS) is 14.9. The number of anilines is 1. The van der Waals surface area contributed by atoms with Gasteiger partial charge in [0.15, 0.2) is 5.13 Å². The summed E-state index contributed by atoms with van der Waals surface area (Å²) in [6.45, 7) is 3.50. The van der Waals surface area contributed by atoms with Gasteiger partial charge in [-0.05, 0) is 72.9 Å². The number of amides is 1. The fraction of sp³-hybridized carbons (Fsp3) is 0.321. The van der Waals surface area contributed by atoms with Gasteiger partial charge in [-0.15, -0.1) is 0 Å². The van der Waals surface area contributed by atoms with Gasteiger partial charge >= 0.3 is 0 Å². The molecule has 192 valence electrons. The van der Waals surface area contributed by atoms with Crippen LogP contribution in [0.25, 0.3) is 10.2 Å². The quantitative estimate of drug-likeness (QED) is 0.305. The van der Waals surface area contributed by atoms with E-state index < -0.39 is 10.0 Å². The lowest BCUT2D eigenvalue weighted by Crippen LogP contribution is -2.32. The first-order valence-corrected chi connectivity index (χ1v) is 14.9. The van der Waals surface area contributed by atoms with Gasteiger partial charge in [-0.2, -0.15) is 4.31 Å². The molecule has 0 saturated carbocycles. The van der Waals surface area contributed by atoms with Crippen molar-refractivity contribution >= 4 is 42.6 Å². The maximum Gasteiger partial charge on any atom is 0.260 e. The van der Waals surface area contributed by atoms with E-state index in [0.29, 0.717) is 30.3 Å². The second-order valence-corrected chi connectivity index (χ2v) is 12.2. The minimum Gasteiger partial charge on any atom is -0.279 e. The Morgan fingerprint density at radius 2 is 1.76 bits per heavy atom. The van der Waals surface area contributed by atoms with E-state index in [9.17, 15) is 13.2 Å². The van der Waals surface area contributed by atoms with Crippen molar-refractivity contribution in [2.24, 2.45) is 0 Å². The van der Waals surface area contributed by atoms with Crippen LogP contribution < -0.4 is 4.90 Å². The predicted molar refractivity (Wildman–Crippen MR) is 147 cm³/mol. The molecule has 0 radical (unpaired) electrons. The van der Waals surface area contributed by atoms with Crippen LogP contribution in [0.2, 0.25) is 0 Å². The van der Waals surface area contributed by atoms with Crippen molar-refractivity contribution < 1.29 is 13.2 Å². The smallest absolute Gasteiger partial charge is 0.260 e. The Hall–Kier alpha value is -3.14. The highest BCUT2D eigenvalue weighted by Crippen LogP contribution is 2.32. The van der Waals surface area contributed by atoms with Gasteiger partial charge in [0.1, 0.15) is 0 Å². The molecule has 1 amide bonds. The van der Waals surface area contributed by atoms with Crippen LogP contribution in [0.3, 0.4) is 0 Å². The van der Waals surface area contributed by atoms with Crippen LogP contribution in [-0.4, -0.2) is 41.7 Å². The SMILES string of the molecule is CCc1ccc2nc(N(Cc3cccnc3)C(=O)c3ccc(S(=O)(=O)N4CCCCCC4)cc3)sc2c1. The number of aromatic nitrogens is 2. The molecule has 0 spiro atoms. The molecule has 1 aliphatic heterocycles. The van der Waals surface area contributed by atoms with Gasteiger partial charge in [-0.25, -0.2) is 13.4 Å². The molecule has 0 unspecified atom stereocenters. The van der Waals surface area contributed by atoms with Gasteiger partial charge < -0.3 is 0 Å². The minimum atomic E-state index is -3.58. The summed E-state index contributed by atoms with van der Waals surface area (Å²) in [6, 6.07) is 16.2. The topological polar surface area (TPSA) is 83.5 Å². The summed E-state index contributed by atoms with van der Waals surface area (Å²) in [7, 11) is -3.58. The number of aryl methyl sites for hydroxylation is 1. The lowest BCUT2D eigenvalue weighted by molar-refractivity contribution is 0.0985. The molecule has 0 N–H and O–H groups in total. The minimum absolute atomic E-state index is 0.219. The van der Waals surface area contributed by atoms with Gasteiger partial charge in [-0.3, -0.25) is 14.7 Å². The molecular formula is C28H30N4O3S2.